The summed E-state index contributed by atoms with van der Waals surface area (Å²) in [7, 11) is 0. The van der Waals surface area contributed by atoms with Crippen LogP contribution in [0.5, 0.6) is 0 Å². The molecule has 0 N–H and O–H groups in total. The number of likely N-dealkylation sites (tertiary alicyclic amines) is 1. The van der Waals surface area contributed by atoms with Crippen molar-refractivity contribution in [2.45, 2.75) is 26.1 Å². The van der Waals surface area contributed by atoms with Crippen LogP contribution in [0, 0.1) is 11.8 Å². The molecule has 0 saturated carbocycles. The zero-order valence-electron chi connectivity index (χ0n) is 15.8. The molecule has 2 aromatic rings. The standard InChI is InChI=1S/C22H24F3NO2/c1-2-28-21(27)20-15-26(13-16-7-4-3-5-8-16)14-18(20)11-17-9-6-10-19(12-17)22(23,24)25/h3-10,12,18,20H,2,11,13-15H2,1H3. The maximum Gasteiger partial charge on any atom is 0.416 e. The van der Waals surface area contributed by atoms with E-state index >= 15 is 0 Å². The van der Waals surface area contributed by atoms with E-state index in [0.29, 0.717) is 38.2 Å². The number of hydrogen-bond acceptors (Lipinski definition) is 3. The highest BCUT2D eigenvalue weighted by atomic mass is 19.4. The molecule has 150 valence electrons. The summed E-state index contributed by atoms with van der Waals surface area (Å²) in [6, 6.07) is 15.3. The van der Waals surface area contributed by atoms with Gasteiger partial charge in [0.25, 0.3) is 0 Å². The highest BCUT2D eigenvalue weighted by molar-refractivity contribution is 5.73. The van der Waals surface area contributed by atoms with E-state index in [1.807, 2.05) is 30.3 Å². The molecule has 0 spiro atoms. The van der Waals surface area contributed by atoms with Gasteiger partial charge >= 0.3 is 12.1 Å². The maximum atomic E-state index is 13.0. The third-order valence-electron chi connectivity index (χ3n) is 5.11. The molecule has 2 aromatic carbocycles. The quantitative estimate of drug-likeness (QED) is 0.676. The molecule has 28 heavy (non-hydrogen) atoms. The van der Waals surface area contributed by atoms with E-state index < -0.39 is 11.7 Å². The molecule has 1 fully saturated rings. The lowest BCUT2D eigenvalue weighted by molar-refractivity contribution is -0.148. The normalized spacial score (nSPS) is 20.3. The molecule has 0 aromatic heterocycles. The van der Waals surface area contributed by atoms with Crippen molar-refractivity contribution in [2.75, 3.05) is 19.7 Å². The van der Waals surface area contributed by atoms with Gasteiger partial charge in [0.1, 0.15) is 0 Å². The Morgan fingerprint density at radius 1 is 1.07 bits per heavy atom. The minimum atomic E-state index is -4.37. The number of carbonyl (C=O) groups is 1. The summed E-state index contributed by atoms with van der Waals surface area (Å²) >= 11 is 0. The van der Waals surface area contributed by atoms with Crippen molar-refractivity contribution in [1.29, 1.82) is 0 Å². The monoisotopic (exact) mass is 391 g/mol. The van der Waals surface area contributed by atoms with E-state index in [-0.39, 0.29) is 17.8 Å². The molecule has 1 aliphatic rings. The Morgan fingerprint density at radius 2 is 1.79 bits per heavy atom. The highest BCUT2D eigenvalue weighted by Crippen LogP contribution is 2.32. The van der Waals surface area contributed by atoms with E-state index in [9.17, 15) is 18.0 Å². The fourth-order valence-corrected chi connectivity index (χ4v) is 3.83. The molecule has 0 radical (unpaired) electrons. The van der Waals surface area contributed by atoms with Gasteiger partial charge in [-0.1, -0.05) is 48.5 Å². The summed E-state index contributed by atoms with van der Waals surface area (Å²) in [6.45, 7) is 3.96. The molecule has 0 aliphatic carbocycles. The van der Waals surface area contributed by atoms with E-state index in [1.165, 1.54) is 12.1 Å². The summed E-state index contributed by atoms with van der Waals surface area (Å²) in [4.78, 5) is 14.6. The molecule has 2 unspecified atom stereocenters. The lowest BCUT2D eigenvalue weighted by atomic mass is 9.89. The first-order valence-electron chi connectivity index (χ1n) is 9.46. The Labute approximate surface area is 163 Å². The molecule has 0 bridgehead atoms. The number of carbonyl (C=O) groups excluding carboxylic acids is 1. The number of alkyl halides is 3. The van der Waals surface area contributed by atoms with E-state index in [4.69, 9.17) is 4.74 Å². The van der Waals surface area contributed by atoms with Crippen LogP contribution in [0.3, 0.4) is 0 Å². The van der Waals surface area contributed by atoms with Crippen molar-refractivity contribution in [2.24, 2.45) is 11.8 Å². The zero-order valence-corrected chi connectivity index (χ0v) is 15.8. The fraction of sp³-hybridized carbons (Fsp3) is 0.409. The summed E-state index contributed by atoms with van der Waals surface area (Å²) in [6.07, 6.45) is -3.95. The van der Waals surface area contributed by atoms with Crippen LogP contribution in [0.2, 0.25) is 0 Å². The van der Waals surface area contributed by atoms with Gasteiger partial charge in [0.05, 0.1) is 18.1 Å². The Morgan fingerprint density at radius 3 is 2.46 bits per heavy atom. The van der Waals surface area contributed by atoms with Crippen molar-refractivity contribution < 1.29 is 22.7 Å². The van der Waals surface area contributed by atoms with Gasteiger partial charge in [-0.15, -0.1) is 0 Å². The summed E-state index contributed by atoms with van der Waals surface area (Å²) < 4.78 is 44.3. The van der Waals surface area contributed by atoms with Crippen molar-refractivity contribution in [3.8, 4) is 0 Å². The van der Waals surface area contributed by atoms with Gasteiger partial charge in [0.2, 0.25) is 0 Å². The van der Waals surface area contributed by atoms with Gasteiger partial charge in [-0.25, -0.2) is 0 Å². The SMILES string of the molecule is CCOC(=O)C1CN(Cc2ccccc2)CC1Cc1cccc(C(F)(F)F)c1. The lowest BCUT2D eigenvalue weighted by Crippen LogP contribution is -2.26. The average molecular weight is 391 g/mol. The molecular weight excluding hydrogens is 367 g/mol. The first-order valence-corrected chi connectivity index (χ1v) is 9.46. The zero-order chi connectivity index (χ0) is 20.1. The van der Waals surface area contributed by atoms with Crippen molar-refractivity contribution in [3.63, 3.8) is 0 Å². The third-order valence-corrected chi connectivity index (χ3v) is 5.11. The first kappa shape index (κ1) is 20.4. The summed E-state index contributed by atoms with van der Waals surface area (Å²) in [5.74, 6) is -0.681. The number of hydrogen-bond donors (Lipinski definition) is 0. The minimum absolute atomic E-state index is 0.0776. The predicted molar refractivity (Wildman–Crippen MR) is 100 cm³/mol. The minimum Gasteiger partial charge on any atom is -0.466 e. The van der Waals surface area contributed by atoms with Crippen molar-refractivity contribution in [3.05, 3.63) is 71.3 Å². The molecular formula is C22H24F3NO2. The molecule has 1 aliphatic heterocycles. The second-order valence-electron chi connectivity index (χ2n) is 7.20. The predicted octanol–water partition coefficient (Wildman–Crippen LogP) is 4.56. The summed E-state index contributed by atoms with van der Waals surface area (Å²) in [5, 5.41) is 0. The second-order valence-corrected chi connectivity index (χ2v) is 7.20. The molecule has 3 rings (SSSR count). The Hall–Kier alpha value is -2.34. The number of esters is 1. The Balaban J connectivity index is 1.75. The number of ether oxygens (including phenoxy) is 1. The molecule has 2 atom stereocenters. The van der Waals surface area contributed by atoms with Crippen LogP contribution in [0.15, 0.2) is 54.6 Å². The highest BCUT2D eigenvalue weighted by Gasteiger charge is 2.39. The Kier molecular flexibility index (Phi) is 6.39. The van der Waals surface area contributed by atoms with Gasteiger partial charge < -0.3 is 4.74 Å². The van der Waals surface area contributed by atoms with Crippen LogP contribution < -0.4 is 0 Å². The van der Waals surface area contributed by atoms with Crippen LogP contribution in [-0.4, -0.2) is 30.6 Å². The van der Waals surface area contributed by atoms with Gasteiger partial charge in [0, 0.05) is 19.6 Å². The molecule has 3 nitrogen and oxygen atoms in total. The number of benzene rings is 2. The van der Waals surface area contributed by atoms with Crippen LogP contribution in [0.4, 0.5) is 13.2 Å². The maximum absolute atomic E-state index is 13.0. The van der Waals surface area contributed by atoms with E-state index in [2.05, 4.69) is 4.90 Å². The fourth-order valence-electron chi connectivity index (χ4n) is 3.83. The molecule has 1 heterocycles. The van der Waals surface area contributed by atoms with Crippen LogP contribution in [0.1, 0.15) is 23.6 Å². The average Bonchev–Trinajstić information content (AvgIpc) is 3.04. The second kappa shape index (κ2) is 8.78. The molecule has 6 heteroatoms. The van der Waals surface area contributed by atoms with Gasteiger partial charge in [-0.3, -0.25) is 9.69 Å². The third kappa shape index (κ3) is 5.13. The van der Waals surface area contributed by atoms with Crippen molar-refractivity contribution >= 4 is 5.97 Å². The summed E-state index contributed by atoms with van der Waals surface area (Å²) in [5.41, 5.74) is 1.08. The largest absolute Gasteiger partial charge is 0.466 e. The van der Waals surface area contributed by atoms with E-state index in [0.717, 1.165) is 11.6 Å². The molecule has 1 saturated heterocycles. The van der Waals surface area contributed by atoms with Crippen LogP contribution >= 0.6 is 0 Å². The van der Waals surface area contributed by atoms with Gasteiger partial charge in [-0.05, 0) is 36.5 Å². The van der Waals surface area contributed by atoms with Gasteiger partial charge in [-0.2, -0.15) is 13.2 Å². The van der Waals surface area contributed by atoms with Crippen LogP contribution in [-0.2, 0) is 28.7 Å². The lowest BCUT2D eigenvalue weighted by Gasteiger charge is -2.18. The van der Waals surface area contributed by atoms with E-state index in [1.54, 1.807) is 13.0 Å². The van der Waals surface area contributed by atoms with Gasteiger partial charge in [0.15, 0.2) is 0 Å². The number of nitrogens with zero attached hydrogens (tertiary/aromatic N) is 1. The smallest absolute Gasteiger partial charge is 0.416 e. The Bertz CT molecular complexity index is 792. The van der Waals surface area contributed by atoms with Crippen LogP contribution in [0.25, 0.3) is 0 Å². The first-order chi connectivity index (χ1) is 13.4. The van der Waals surface area contributed by atoms with Crippen molar-refractivity contribution in [1.82, 2.24) is 4.90 Å². The molecule has 0 amide bonds. The topological polar surface area (TPSA) is 29.5 Å². The number of rotatable bonds is 6. The number of halogens is 3.